The molecule has 0 amide bonds. The summed E-state index contributed by atoms with van der Waals surface area (Å²) >= 11 is 0. The molecule has 19 heavy (non-hydrogen) atoms. The number of rotatable bonds is 8. The van der Waals surface area contributed by atoms with Gasteiger partial charge in [-0.2, -0.15) is 0 Å². The number of isocyanates is 2. The van der Waals surface area contributed by atoms with Crippen LogP contribution in [-0.2, 0) is 9.59 Å². The second-order valence-electron chi connectivity index (χ2n) is 5.99. The molecule has 0 aromatic carbocycles. The van der Waals surface area contributed by atoms with Crippen molar-refractivity contribution in [1.82, 2.24) is 0 Å². The van der Waals surface area contributed by atoms with Crippen molar-refractivity contribution in [1.29, 1.82) is 0 Å². The molecular formula is C15H22N2O2. The minimum atomic E-state index is 0.635. The van der Waals surface area contributed by atoms with Crippen LogP contribution >= 0.6 is 0 Å². The van der Waals surface area contributed by atoms with Crippen molar-refractivity contribution in [3.8, 4) is 0 Å². The maximum Gasteiger partial charge on any atom is 0.234 e. The fraction of sp³-hybridized carbons (Fsp3) is 0.867. The van der Waals surface area contributed by atoms with Crippen molar-refractivity contribution >= 4 is 12.2 Å². The summed E-state index contributed by atoms with van der Waals surface area (Å²) in [6, 6.07) is 0. The van der Waals surface area contributed by atoms with Crippen molar-refractivity contribution in [2.24, 2.45) is 33.7 Å². The quantitative estimate of drug-likeness (QED) is 0.383. The van der Waals surface area contributed by atoms with Gasteiger partial charge >= 0.3 is 0 Å². The first-order chi connectivity index (χ1) is 9.35. The molecule has 2 saturated carbocycles. The summed E-state index contributed by atoms with van der Waals surface area (Å²) in [5.41, 5.74) is 0. The highest BCUT2D eigenvalue weighted by atomic mass is 16.1. The number of carbonyl (C=O) groups excluding carboxylic acids is 2. The average molecular weight is 262 g/mol. The fourth-order valence-electron chi connectivity index (χ4n) is 4.27. The van der Waals surface area contributed by atoms with Gasteiger partial charge in [-0.15, -0.1) is 0 Å². The lowest BCUT2D eigenvalue weighted by molar-refractivity contribution is 0.212. The van der Waals surface area contributed by atoms with E-state index in [1.54, 1.807) is 12.2 Å². The van der Waals surface area contributed by atoms with Crippen molar-refractivity contribution in [3.63, 3.8) is 0 Å². The summed E-state index contributed by atoms with van der Waals surface area (Å²) in [6.07, 6.45) is 11.8. The van der Waals surface area contributed by atoms with E-state index in [-0.39, 0.29) is 0 Å². The van der Waals surface area contributed by atoms with E-state index < -0.39 is 0 Å². The normalized spacial score (nSPS) is 31.8. The van der Waals surface area contributed by atoms with E-state index in [0.717, 1.165) is 36.5 Å². The lowest BCUT2D eigenvalue weighted by Crippen LogP contribution is -2.20. The number of nitrogens with zero attached hydrogens (tertiary/aromatic N) is 2. The second-order valence-corrected chi connectivity index (χ2v) is 5.99. The van der Waals surface area contributed by atoms with Gasteiger partial charge in [-0.3, -0.25) is 0 Å². The Labute approximate surface area is 114 Å². The Morgan fingerprint density at radius 2 is 1.37 bits per heavy atom. The second kappa shape index (κ2) is 7.37. The minimum Gasteiger partial charge on any atom is -0.211 e. The van der Waals surface area contributed by atoms with Crippen molar-refractivity contribution in [2.75, 3.05) is 13.1 Å². The molecule has 0 aliphatic heterocycles. The van der Waals surface area contributed by atoms with E-state index in [2.05, 4.69) is 9.98 Å². The monoisotopic (exact) mass is 262 g/mol. The van der Waals surface area contributed by atoms with Crippen molar-refractivity contribution < 1.29 is 9.59 Å². The largest absolute Gasteiger partial charge is 0.234 e. The SMILES string of the molecule is O=C=NCCCC1CC2CC(CCCN=C=O)C1C2. The van der Waals surface area contributed by atoms with Crippen LogP contribution in [0.25, 0.3) is 0 Å². The molecule has 0 heterocycles. The van der Waals surface area contributed by atoms with Crippen LogP contribution in [0.15, 0.2) is 9.98 Å². The Morgan fingerprint density at radius 3 is 1.79 bits per heavy atom. The molecule has 2 fully saturated rings. The predicted molar refractivity (Wildman–Crippen MR) is 72.3 cm³/mol. The lowest BCUT2D eigenvalue weighted by atomic mass is 9.76. The summed E-state index contributed by atoms with van der Waals surface area (Å²) < 4.78 is 0. The molecule has 0 saturated heterocycles. The fourth-order valence-corrected chi connectivity index (χ4v) is 4.27. The Hall–Kier alpha value is -1.24. The topological polar surface area (TPSA) is 58.9 Å². The van der Waals surface area contributed by atoms with E-state index in [0.29, 0.717) is 13.1 Å². The van der Waals surface area contributed by atoms with Crippen LogP contribution in [0, 0.1) is 23.7 Å². The molecule has 4 nitrogen and oxygen atoms in total. The predicted octanol–water partition coefficient (Wildman–Crippen LogP) is 2.88. The highest BCUT2D eigenvalue weighted by Gasteiger charge is 2.44. The first-order valence-corrected chi connectivity index (χ1v) is 7.42. The van der Waals surface area contributed by atoms with Gasteiger partial charge in [0.2, 0.25) is 12.2 Å². The zero-order valence-corrected chi connectivity index (χ0v) is 11.4. The number of hydrogen-bond donors (Lipinski definition) is 0. The molecule has 0 radical (unpaired) electrons. The summed E-state index contributed by atoms with van der Waals surface area (Å²) in [5.74, 6) is 3.45. The number of aliphatic imine (C=N–C) groups is 2. The molecule has 0 aromatic rings. The Kier molecular flexibility index (Phi) is 5.50. The zero-order chi connectivity index (χ0) is 13.5. The van der Waals surface area contributed by atoms with Crippen LogP contribution in [0.4, 0.5) is 0 Å². The Morgan fingerprint density at radius 1 is 0.842 bits per heavy atom. The molecule has 2 aliphatic rings. The molecule has 104 valence electrons. The average Bonchev–Trinajstić information content (AvgIpc) is 2.99. The summed E-state index contributed by atoms with van der Waals surface area (Å²) in [5, 5.41) is 0. The smallest absolute Gasteiger partial charge is 0.211 e. The molecule has 0 N–H and O–H groups in total. The van der Waals surface area contributed by atoms with Gasteiger partial charge < -0.3 is 0 Å². The highest BCUT2D eigenvalue weighted by molar-refractivity contribution is 5.32. The van der Waals surface area contributed by atoms with Crippen LogP contribution in [-0.4, -0.2) is 25.2 Å². The van der Waals surface area contributed by atoms with E-state index >= 15 is 0 Å². The molecular weight excluding hydrogens is 240 g/mol. The van der Waals surface area contributed by atoms with E-state index in [9.17, 15) is 9.59 Å². The Bertz CT molecular complexity index is 350. The summed E-state index contributed by atoms with van der Waals surface area (Å²) in [7, 11) is 0. The van der Waals surface area contributed by atoms with Gasteiger partial charge in [-0.05, 0) is 68.6 Å². The molecule has 0 aromatic heterocycles. The van der Waals surface area contributed by atoms with Crippen molar-refractivity contribution in [2.45, 2.75) is 44.9 Å². The Balaban J connectivity index is 1.72. The molecule has 2 rings (SSSR count). The van der Waals surface area contributed by atoms with Crippen LogP contribution in [0.1, 0.15) is 44.9 Å². The van der Waals surface area contributed by atoms with Crippen LogP contribution in [0.2, 0.25) is 0 Å². The summed E-state index contributed by atoms with van der Waals surface area (Å²) in [4.78, 5) is 27.3. The molecule has 4 heteroatoms. The van der Waals surface area contributed by atoms with E-state index in [4.69, 9.17) is 0 Å². The van der Waals surface area contributed by atoms with E-state index in [1.807, 2.05) is 0 Å². The van der Waals surface area contributed by atoms with Crippen LogP contribution in [0.5, 0.6) is 0 Å². The van der Waals surface area contributed by atoms with Gasteiger partial charge in [0.15, 0.2) is 0 Å². The summed E-state index contributed by atoms with van der Waals surface area (Å²) in [6.45, 7) is 1.27. The van der Waals surface area contributed by atoms with Crippen LogP contribution in [0.3, 0.4) is 0 Å². The first-order valence-electron chi connectivity index (χ1n) is 7.42. The highest BCUT2D eigenvalue weighted by Crippen LogP contribution is 2.54. The zero-order valence-electron chi connectivity index (χ0n) is 11.4. The number of fused-ring (bicyclic) bond motifs is 2. The molecule has 0 spiro atoms. The van der Waals surface area contributed by atoms with Gasteiger partial charge in [0.1, 0.15) is 0 Å². The van der Waals surface area contributed by atoms with Gasteiger partial charge in [-0.1, -0.05) is 0 Å². The third-order valence-corrected chi connectivity index (χ3v) is 4.91. The molecule has 2 bridgehead atoms. The first kappa shape index (κ1) is 14.2. The molecule has 2 aliphatic carbocycles. The maximum absolute atomic E-state index is 10.0. The van der Waals surface area contributed by atoms with Gasteiger partial charge in [-0.25, -0.2) is 19.6 Å². The maximum atomic E-state index is 10.0. The number of hydrogen-bond acceptors (Lipinski definition) is 4. The van der Waals surface area contributed by atoms with Crippen molar-refractivity contribution in [3.05, 3.63) is 0 Å². The van der Waals surface area contributed by atoms with Crippen LogP contribution < -0.4 is 0 Å². The van der Waals surface area contributed by atoms with Gasteiger partial charge in [0.05, 0.1) is 13.1 Å². The standard InChI is InChI=1S/C15H22N2O2/c18-10-16-5-1-3-13-7-12-8-14(15(13)9-12)4-2-6-17-11-19/h12-15H,1-9H2. The molecule has 2 atom stereocenters. The third-order valence-electron chi connectivity index (χ3n) is 4.91. The van der Waals surface area contributed by atoms with Gasteiger partial charge in [0.25, 0.3) is 0 Å². The molecule has 2 unspecified atom stereocenters. The lowest BCUT2D eigenvalue weighted by Gasteiger charge is -2.29. The minimum absolute atomic E-state index is 0.635. The van der Waals surface area contributed by atoms with Gasteiger partial charge in [0, 0.05) is 0 Å². The van der Waals surface area contributed by atoms with E-state index in [1.165, 1.54) is 32.1 Å². The third kappa shape index (κ3) is 3.86.